The molecule has 6 heteroatoms. The van der Waals surface area contributed by atoms with Crippen LogP contribution in [0.5, 0.6) is 0 Å². The van der Waals surface area contributed by atoms with Crippen LogP contribution in [0.15, 0.2) is 91.0 Å². The van der Waals surface area contributed by atoms with Crippen molar-refractivity contribution < 1.29 is 9.21 Å². The van der Waals surface area contributed by atoms with Gasteiger partial charge >= 0.3 is 5.91 Å². The van der Waals surface area contributed by atoms with Gasteiger partial charge in [0.25, 0.3) is 0 Å². The minimum Gasteiger partial charge on any atom is -0.459 e. The minimum atomic E-state index is -0.206. The second-order valence-corrected chi connectivity index (χ2v) is 9.66. The van der Waals surface area contributed by atoms with Gasteiger partial charge in [-0.3, -0.25) is 4.79 Å². The van der Waals surface area contributed by atoms with Gasteiger partial charge in [-0.2, -0.15) is 5.10 Å². The van der Waals surface area contributed by atoms with E-state index in [4.69, 9.17) is 9.52 Å². The first-order valence-corrected chi connectivity index (χ1v) is 11.9. The summed E-state index contributed by atoms with van der Waals surface area (Å²) in [4.78, 5) is 13.3. The highest BCUT2D eigenvalue weighted by atomic mass is 79.9. The SMILES string of the molecule is O=C(c1ccco1)N1N=C2/C(=C/c3ccc(Br)cc3)CCC[C@@H]2[C@H]1c1ccc(Br)cc1. The predicted molar refractivity (Wildman–Crippen MR) is 129 cm³/mol. The van der Waals surface area contributed by atoms with E-state index in [-0.39, 0.29) is 17.9 Å². The van der Waals surface area contributed by atoms with E-state index in [1.54, 1.807) is 17.1 Å². The number of furan rings is 1. The molecule has 4 nitrogen and oxygen atoms in total. The molecule has 31 heavy (non-hydrogen) atoms. The number of benzene rings is 2. The summed E-state index contributed by atoms with van der Waals surface area (Å²) in [6, 6.07) is 19.7. The Bertz CT molecular complexity index is 1150. The molecule has 1 aromatic heterocycles. The Labute approximate surface area is 197 Å². The minimum absolute atomic E-state index is 0.144. The summed E-state index contributed by atoms with van der Waals surface area (Å²) < 4.78 is 7.48. The van der Waals surface area contributed by atoms with Crippen molar-refractivity contribution in [3.8, 4) is 0 Å². The summed E-state index contributed by atoms with van der Waals surface area (Å²) in [5.41, 5.74) is 4.44. The fraction of sp³-hybridized carbons (Fsp3) is 0.200. The fourth-order valence-electron chi connectivity index (χ4n) is 4.43. The van der Waals surface area contributed by atoms with E-state index >= 15 is 0 Å². The molecule has 0 unspecified atom stereocenters. The first kappa shape index (κ1) is 20.5. The number of rotatable bonds is 3. The molecule has 1 aliphatic heterocycles. The van der Waals surface area contributed by atoms with Gasteiger partial charge in [-0.15, -0.1) is 0 Å². The zero-order chi connectivity index (χ0) is 21.4. The zero-order valence-corrected chi connectivity index (χ0v) is 19.8. The van der Waals surface area contributed by atoms with Crippen LogP contribution < -0.4 is 0 Å². The highest BCUT2D eigenvalue weighted by Gasteiger charge is 2.44. The lowest BCUT2D eigenvalue weighted by Crippen LogP contribution is -2.31. The predicted octanol–water partition coefficient (Wildman–Crippen LogP) is 7.24. The van der Waals surface area contributed by atoms with Crippen molar-refractivity contribution >= 4 is 49.6 Å². The summed E-state index contributed by atoms with van der Waals surface area (Å²) in [6.07, 6.45) is 6.76. The average molecular weight is 540 g/mol. The third kappa shape index (κ3) is 4.06. The van der Waals surface area contributed by atoms with Gasteiger partial charge in [0.1, 0.15) is 0 Å². The molecule has 1 saturated carbocycles. The zero-order valence-electron chi connectivity index (χ0n) is 16.7. The third-order valence-corrected chi connectivity index (χ3v) is 6.92. The quantitative estimate of drug-likeness (QED) is 0.352. The average Bonchev–Trinajstić information content (AvgIpc) is 3.44. The van der Waals surface area contributed by atoms with Gasteiger partial charge in [-0.25, -0.2) is 5.01 Å². The van der Waals surface area contributed by atoms with Crippen LogP contribution in [0.25, 0.3) is 6.08 Å². The van der Waals surface area contributed by atoms with E-state index in [0.29, 0.717) is 5.76 Å². The van der Waals surface area contributed by atoms with Crippen LogP contribution in [0.4, 0.5) is 0 Å². The van der Waals surface area contributed by atoms with Crippen LogP contribution in [-0.2, 0) is 0 Å². The van der Waals surface area contributed by atoms with Crippen molar-refractivity contribution in [2.45, 2.75) is 25.3 Å². The van der Waals surface area contributed by atoms with E-state index in [1.165, 1.54) is 11.8 Å². The lowest BCUT2D eigenvalue weighted by molar-refractivity contribution is 0.0648. The van der Waals surface area contributed by atoms with Crippen molar-refractivity contribution in [1.29, 1.82) is 0 Å². The van der Waals surface area contributed by atoms with E-state index in [1.807, 2.05) is 24.3 Å². The number of amides is 1. The van der Waals surface area contributed by atoms with Gasteiger partial charge in [-0.1, -0.05) is 56.1 Å². The Hall–Kier alpha value is -2.44. The molecule has 0 saturated heterocycles. The topological polar surface area (TPSA) is 45.8 Å². The molecular formula is C25H20Br2N2O2. The number of carbonyl (C=O) groups is 1. The fourth-order valence-corrected chi connectivity index (χ4v) is 4.96. The Kier molecular flexibility index (Phi) is 5.67. The summed E-state index contributed by atoms with van der Waals surface area (Å²) >= 11 is 7.01. The molecule has 3 aromatic rings. The van der Waals surface area contributed by atoms with Gasteiger partial charge in [-0.05, 0) is 78.4 Å². The molecule has 0 radical (unpaired) electrons. The second-order valence-electron chi connectivity index (χ2n) is 7.83. The Morgan fingerprint density at radius 2 is 1.74 bits per heavy atom. The number of hydrogen-bond donors (Lipinski definition) is 0. The molecule has 1 amide bonds. The number of hydrazone groups is 1. The lowest BCUT2D eigenvalue weighted by atomic mass is 9.77. The summed E-state index contributed by atoms with van der Waals surface area (Å²) in [5.74, 6) is 0.266. The smallest absolute Gasteiger partial charge is 0.310 e. The first-order valence-electron chi connectivity index (χ1n) is 10.3. The van der Waals surface area contributed by atoms with E-state index in [0.717, 1.165) is 45.0 Å². The molecule has 5 rings (SSSR count). The molecule has 0 N–H and O–H groups in total. The Morgan fingerprint density at radius 3 is 2.42 bits per heavy atom. The van der Waals surface area contributed by atoms with Crippen molar-refractivity contribution in [2.75, 3.05) is 0 Å². The van der Waals surface area contributed by atoms with Crippen LogP contribution >= 0.6 is 31.9 Å². The van der Waals surface area contributed by atoms with Crippen LogP contribution in [0.3, 0.4) is 0 Å². The number of allylic oxidation sites excluding steroid dienone is 1. The number of carbonyl (C=O) groups excluding carboxylic acids is 1. The summed E-state index contributed by atoms with van der Waals surface area (Å²) in [5, 5.41) is 6.52. The van der Waals surface area contributed by atoms with Crippen LogP contribution in [0.1, 0.15) is 47.0 Å². The summed E-state index contributed by atoms with van der Waals surface area (Å²) in [6.45, 7) is 0. The van der Waals surface area contributed by atoms with Crippen LogP contribution in [-0.4, -0.2) is 16.6 Å². The Balaban J connectivity index is 1.57. The maximum Gasteiger partial charge on any atom is 0.310 e. The van der Waals surface area contributed by atoms with Crippen LogP contribution in [0, 0.1) is 5.92 Å². The maximum atomic E-state index is 13.3. The molecule has 0 bridgehead atoms. The lowest BCUT2D eigenvalue weighted by Gasteiger charge is -2.29. The van der Waals surface area contributed by atoms with Crippen molar-refractivity contribution in [1.82, 2.24) is 5.01 Å². The van der Waals surface area contributed by atoms with E-state index < -0.39 is 0 Å². The van der Waals surface area contributed by atoms with Crippen molar-refractivity contribution in [2.24, 2.45) is 11.0 Å². The number of hydrogen-bond acceptors (Lipinski definition) is 3. The molecular weight excluding hydrogens is 520 g/mol. The third-order valence-electron chi connectivity index (χ3n) is 5.86. The van der Waals surface area contributed by atoms with Gasteiger partial charge in [0.05, 0.1) is 18.0 Å². The van der Waals surface area contributed by atoms with Gasteiger partial charge in [0.15, 0.2) is 5.76 Å². The van der Waals surface area contributed by atoms with Crippen LogP contribution in [0.2, 0.25) is 0 Å². The number of nitrogens with zero attached hydrogens (tertiary/aromatic N) is 2. The molecule has 2 atom stereocenters. The largest absolute Gasteiger partial charge is 0.459 e. The van der Waals surface area contributed by atoms with Gasteiger partial charge < -0.3 is 4.42 Å². The van der Waals surface area contributed by atoms with E-state index in [9.17, 15) is 4.79 Å². The standard InChI is InChI=1S/C25H20Br2N2O2/c26-19-10-6-16(7-11-19)15-18-3-1-4-21-23(18)28-29(25(30)22-5-2-14-31-22)24(21)17-8-12-20(27)13-9-17/h2,5-15,21,24H,1,3-4H2/b18-15+/t21-,24+/m0/s1. The molecule has 1 aliphatic carbocycles. The number of halogens is 2. The normalized spacial score (nSPS) is 21.8. The summed E-state index contributed by atoms with van der Waals surface area (Å²) in [7, 11) is 0. The highest BCUT2D eigenvalue weighted by Crippen LogP contribution is 2.45. The van der Waals surface area contributed by atoms with Gasteiger partial charge in [0, 0.05) is 14.9 Å². The highest BCUT2D eigenvalue weighted by molar-refractivity contribution is 9.10. The molecule has 1 fully saturated rings. The molecule has 2 aromatic carbocycles. The number of fused-ring (bicyclic) bond motifs is 1. The molecule has 0 spiro atoms. The van der Waals surface area contributed by atoms with E-state index in [2.05, 4.69) is 62.2 Å². The van der Waals surface area contributed by atoms with Crippen molar-refractivity contribution in [3.05, 3.63) is 98.3 Å². The van der Waals surface area contributed by atoms with Gasteiger partial charge in [0.2, 0.25) is 0 Å². The first-order chi connectivity index (χ1) is 15.1. The molecule has 156 valence electrons. The molecule has 2 aliphatic rings. The Morgan fingerprint density at radius 1 is 1.03 bits per heavy atom. The maximum absolute atomic E-state index is 13.3. The molecule has 2 heterocycles. The second kappa shape index (κ2) is 8.60. The van der Waals surface area contributed by atoms with Crippen molar-refractivity contribution in [3.63, 3.8) is 0 Å². The monoisotopic (exact) mass is 538 g/mol.